The zero-order valence-electron chi connectivity index (χ0n) is 15.6. The lowest BCUT2D eigenvalue weighted by Crippen LogP contribution is -2.47. The molecule has 0 aliphatic carbocycles. The normalized spacial score (nSPS) is 22.2. The van der Waals surface area contributed by atoms with Gasteiger partial charge in [-0.05, 0) is 34.7 Å². The summed E-state index contributed by atoms with van der Waals surface area (Å²) in [4.78, 5) is 19.3. The number of alkyl halides is 3. The Labute approximate surface area is 173 Å². The van der Waals surface area contributed by atoms with Crippen LogP contribution in [0.4, 0.5) is 13.2 Å². The summed E-state index contributed by atoms with van der Waals surface area (Å²) in [5.74, 6) is -0.498. The van der Waals surface area contributed by atoms with Gasteiger partial charge in [0.05, 0.1) is 5.70 Å². The van der Waals surface area contributed by atoms with Crippen LogP contribution in [0.15, 0.2) is 63.7 Å². The SMILES string of the molecule is CN1C(=O)C(n2cccn2)/C(=C2/CC(c3cccc(OC(F)(F)F)c3)=CS2)N=C1N. The first kappa shape index (κ1) is 20.1. The van der Waals surface area contributed by atoms with E-state index in [0.717, 1.165) is 10.5 Å². The molecule has 0 bridgehead atoms. The number of aromatic nitrogens is 2. The van der Waals surface area contributed by atoms with Crippen molar-refractivity contribution in [3.05, 3.63) is 64.3 Å². The van der Waals surface area contributed by atoms with Crippen molar-refractivity contribution < 1.29 is 22.7 Å². The molecule has 1 aromatic heterocycles. The van der Waals surface area contributed by atoms with Crippen LogP contribution >= 0.6 is 11.8 Å². The van der Waals surface area contributed by atoms with Crippen molar-refractivity contribution in [3.8, 4) is 5.75 Å². The van der Waals surface area contributed by atoms with E-state index in [2.05, 4.69) is 14.8 Å². The minimum Gasteiger partial charge on any atom is -0.406 e. The number of likely N-dealkylation sites (N-methyl/N-ethyl adjacent to an activating group) is 1. The third-order valence-electron chi connectivity index (χ3n) is 4.61. The highest BCUT2D eigenvalue weighted by Crippen LogP contribution is 2.45. The molecule has 0 fully saturated rings. The Bertz CT molecular complexity index is 1080. The highest BCUT2D eigenvalue weighted by atomic mass is 32.2. The lowest BCUT2D eigenvalue weighted by atomic mass is 10.0. The number of aliphatic imine (C=N–C) groups is 1. The lowest BCUT2D eigenvalue weighted by Gasteiger charge is -2.29. The molecule has 1 aromatic carbocycles. The highest BCUT2D eigenvalue weighted by molar-refractivity contribution is 8.06. The van der Waals surface area contributed by atoms with Gasteiger partial charge < -0.3 is 10.5 Å². The number of rotatable bonds is 3. The molecule has 7 nitrogen and oxygen atoms in total. The van der Waals surface area contributed by atoms with Crippen LogP contribution in [0.5, 0.6) is 5.75 Å². The second-order valence-corrected chi connectivity index (χ2v) is 7.54. The molecule has 1 unspecified atom stereocenters. The van der Waals surface area contributed by atoms with Gasteiger partial charge in [0.2, 0.25) is 5.96 Å². The van der Waals surface area contributed by atoms with Gasteiger partial charge in [-0.2, -0.15) is 5.10 Å². The van der Waals surface area contributed by atoms with Crippen molar-refractivity contribution >= 4 is 29.2 Å². The molecule has 2 aliphatic rings. The maximum atomic E-state index is 12.9. The van der Waals surface area contributed by atoms with Crippen LogP contribution in [-0.2, 0) is 4.79 Å². The van der Waals surface area contributed by atoms with E-state index in [1.807, 2.05) is 5.41 Å². The summed E-state index contributed by atoms with van der Waals surface area (Å²) in [5.41, 5.74) is 7.76. The monoisotopic (exact) mass is 435 g/mol. The average Bonchev–Trinajstić information content (AvgIpc) is 3.37. The zero-order chi connectivity index (χ0) is 21.5. The van der Waals surface area contributed by atoms with E-state index in [4.69, 9.17) is 5.73 Å². The van der Waals surface area contributed by atoms with Gasteiger partial charge in [0.1, 0.15) is 5.75 Å². The third-order valence-corrected chi connectivity index (χ3v) is 5.65. The van der Waals surface area contributed by atoms with Crippen LogP contribution in [-0.4, -0.2) is 40.0 Å². The zero-order valence-corrected chi connectivity index (χ0v) is 16.4. The number of hydrogen-bond donors (Lipinski definition) is 1. The summed E-state index contributed by atoms with van der Waals surface area (Å²) in [6.07, 6.45) is -1.14. The number of amides is 1. The number of hydrogen-bond acceptors (Lipinski definition) is 6. The van der Waals surface area contributed by atoms with Crippen molar-refractivity contribution in [1.82, 2.24) is 14.7 Å². The molecule has 1 amide bonds. The Morgan fingerprint density at radius 3 is 2.80 bits per heavy atom. The van der Waals surface area contributed by atoms with Gasteiger partial charge in [-0.3, -0.25) is 14.4 Å². The predicted octanol–water partition coefficient (Wildman–Crippen LogP) is 3.50. The van der Waals surface area contributed by atoms with Gasteiger partial charge in [-0.1, -0.05) is 23.9 Å². The van der Waals surface area contributed by atoms with E-state index >= 15 is 0 Å². The molecule has 3 heterocycles. The number of ether oxygens (including phenoxy) is 1. The second kappa shape index (κ2) is 7.56. The fraction of sp³-hybridized carbons (Fsp3) is 0.211. The molecule has 30 heavy (non-hydrogen) atoms. The van der Waals surface area contributed by atoms with Crippen molar-refractivity contribution in [2.45, 2.75) is 18.8 Å². The molecule has 156 valence electrons. The first-order valence-electron chi connectivity index (χ1n) is 8.79. The van der Waals surface area contributed by atoms with Gasteiger partial charge in [-0.25, -0.2) is 4.99 Å². The van der Waals surface area contributed by atoms with E-state index < -0.39 is 12.4 Å². The van der Waals surface area contributed by atoms with E-state index in [1.165, 1.54) is 46.6 Å². The van der Waals surface area contributed by atoms with E-state index in [-0.39, 0.29) is 17.6 Å². The van der Waals surface area contributed by atoms with Gasteiger partial charge >= 0.3 is 6.36 Å². The second-order valence-electron chi connectivity index (χ2n) is 6.58. The molecule has 2 aromatic rings. The topological polar surface area (TPSA) is 85.7 Å². The van der Waals surface area contributed by atoms with Crippen molar-refractivity contribution in [3.63, 3.8) is 0 Å². The summed E-state index contributed by atoms with van der Waals surface area (Å²) in [6, 6.07) is 6.70. The van der Waals surface area contributed by atoms with Crippen LogP contribution in [0.3, 0.4) is 0 Å². The lowest BCUT2D eigenvalue weighted by molar-refractivity contribution is -0.274. The molecular weight excluding hydrogens is 419 g/mol. The van der Waals surface area contributed by atoms with Gasteiger partial charge in [0.25, 0.3) is 5.91 Å². The molecule has 11 heteroatoms. The van der Waals surface area contributed by atoms with Gasteiger partial charge in [0.15, 0.2) is 6.04 Å². The van der Waals surface area contributed by atoms with Crippen molar-refractivity contribution in [2.75, 3.05) is 7.05 Å². The predicted molar refractivity (Wildman–Crippen MR) is 106 cm³/mol. The molecule has 2 N–H and O–H groups in total. The number of halogens is 3. The quantitative estimate of drug-likeness (QED) is 0.798. The fourth-order valence-electron chi connectivity index (χ4n) is 3.17. The number of nitrogens with zero attached hydrogens (tertiary/aromatic N) is 4. The Balaban J connectivity index is 1.66. The number of carbonyl (C=O) groups excluding carboxylic acids is 1. The highest BCUT2D eigenvalue weighted by Gasteiger charge is 2.37. The molecule has 1 atom stereocenters. The van der Waals surface area contributed by atoms with E-state index in [9.17, 15) is 18.0 Å². The fourth-order valence-corrected chi connectivity index (χ4v) is 4.19. The molecule has 0 saturated heterocycles. The maximum absolute atomic E-state index is 12.9. The summed E-state index contributed by atoms with van der Waals surface area (Å²) in [7, 11) is 1.54. The largest absolute Gasteiger partial charge is 0.573 e. The molecule has 0 radical (unpaired) electrons. The van der Waals surface area contributed by atoms with Crippen LogP contribution in [0.25, 0.3) is 5.57 Å². The van der Waals surface area contributed by atoms with Gasteiger partial charge in [0, 0.05) is 30.8 Å². The number of thioether (sulfide) groups is 1. The molecule has 2 aliphatic heterocycles. The molecule has 0 saturated carbocycles. The van der Waals surface area contributed by atoms with Crippen LogP contribution in [0.2, 0.25) is 0 Å². The Morgan fingerprint density at radius 2 is 2.10 bits per heavy atom. The van der Waals surface area contributed by atoms with Crippen LogP contribution < -0.4 is 10.5 Å². The summed E-state index contributed by atoms with van der Waals surface area (Å²) < 4.78 is 43.1. The van der Waals surface area contributed by atoms with E-state index in [1.54, 1.807) is 24.5 Å². The summed E-state index contributed by atoms with van der Waals surface area (Å²) >= 11 is 1.36. The smallest absolute Gasteiger partial charge is 0.406 e. The van der Waals surface area contributed by atoms with Crippen LogP contribution in [0, 0.1) is 0 Å². The number of benzene rings is 1. The summed E-state index contributed by atoms with van der Waals surface area (Å²) in [6.45, 7) is 0. The molecular formula is C19H16F3N5O2S. The summed E-state index contributed by atoms with van der Waals surface area (Å²) in [5, 5.41) is 5.99. The Morgan fingerprint density at radius 1 is 1.30 bits per heavy atom. The van der Waals surface area contributed by atoms with Crippen LogP contribution in [0.1, 0.15) is 18.0 Å². The Hall–Kier alpha value is -3.21. The standard InChI is InChI=1S/C19H16F3N5O2S/c1-26-17(28)16(27-7-3-6-24-27)15(25-18(26)23)14-9-12(10-30-14)11-4-2-5-13(8-11)29-19(20,21)22/h2-8,10,16H,9H2,1H3,(H2,23,25)/b15-14+. The van der Waals surface area contributed by atoms with Crippen molar-refractivity contribution in [1.29, 1.82) is 0 Å². The van der Waals surface area contributed by atoms with Gasteiger partial charge in [-0.15, -0.1) is 13.2 Å². The number of guanidine groups is 1. The Kier molecular flexibility index (Phi) is 5.06. The van der Waals surface area contributed by atoms with E-state index in [0.29, 0.717) is 17.7 Å². The first-order chi connectivity index (χ1) is 14.2. The maximum Gasteiger partial charge on any atom is 0.573 e. The molecule has 4 rings (SSSR count). The minimum atomic E-state index is -4.76. The molecule has 0 spiro atoms. The number of carbonyl (C=O) groups is 1. The minimum absolute atomic E-state index is 0.0699. The first-order valence-corrected chi connectivity index (χ1v) is 9.66. The number of allylic oxidation sites excluding steroid dienone is 2. The average molecular weight is 435 g/mol. The third kappa shape index (κ3) is 3.92. The number of nitrogens with two attached hydrogens (primary N) is 1. The van der Waals surface area contributed by atoms with Crippen molar-refractivity contribution in [2.24, 2.45) is 10.7 Å².